The van der Waals surface area contributed by atoms with Crippen molar-refractivity contribution in [2.75, 3.05) is 39.9 Å². The fourth-order valence-electron chi connectivity index (χ4n) is 2.55. The summed E-state index contributed by atoms with van der Waals surface area (Å²) in [6, 6.07) is 0.812. The number of ether oxygens (including phenoxy) is 1. The predicted octanol–water partition coefficient (Wildman–Crippen LogP) is 2.66. The Balaban J connectivity index is 1.83. The highest BCUT2D eigenvalue weighted by molar-refractivity contribution is 4.74. The van der Waals surface area contributed by atoms with E-state index >= 15 is 0 Å². The maximum atomic E-state index is 5.54. The van der Waals surface area contributed by atoms with Gasteiger partial charge in [-0.1, -0.05) is 19.8 Å². The van der Waals surface area contributed by atoms with Gasteiger partial charge in [0.25, 0.3) is 0 Å². The average Bonchev–Trinajstić information content (AvgIpc) is 2.39. The molecule has 1 heterocycles. The van der Waals surface area contributed by atoms with E-state index in [9.17, 15) is 0 Å². The fraction of sp³-hybridized carbons (Fsp3) is 1.00. The molecule has 0 radical (unpaired) electrons. The van der Waals surface area contributed by atoms with Crippen LogP contribution in [0.15, 0.2) is 0 Å². The molecule has 0 aromatic rings. The first-order valence-corrected chi connectivity index (χ1v) is 7.83. The minimum atomic E-state index is 0.812. The number of nitrogens with zero attached hydrogens (tertiary/aromatic N) is 1. The third-order valence-electron chi connectivity index (χ3n) is 3.86. The van der Waals surface area contributed by atoms with Crippen molar-refractivity contribution in [3.05, 3.63) is 0 Å². The van der Waals surface area contributed by atoms with Gasteiger partial charge in [-0.15, -0.1) is 0 Å². The lowest BCUT2D eigenvalue weighted by molar-refractivity contribution is 0.128. The fourth-order valence-corrected chi connectivity index (χ4v) is 2.55. The Morgan fingerprint density at radius 1 is 1.17 bits per heavy atom. The van der Waals surface area contributed by atoms with Crippen LogP contribution in [-0.4, -0.2) is 50.8 Å². The number of hydrogen-bond acceptors (Lipinski definition) is 3. The molecule has 1 aliphatic rings. The Kier molecular flexibility index (Phi) is 9.54. The van der Waals surface area contributed by atoms with Crippen molar-refractivity contribution in [1.29, 1.82) is 0 Å². The van der Waals surface area contributed by atoms with Gasteiger partial charge in [0, 0.05) is 19.3 Å². The third kappa shape index (κ3) is 7.34. The molecular weight excluding hydrogens is 224 g/mol. The van der Waals surface area contributed by atoms with Gasteiger partial charge < -0.3 is 15.0 Å². The molecule has 0 saturated carbocycles. The molecule has 0 aliphatic carbocycles. The van der Waals surface area contributed by atoms with Crippen molar-refractivity contribution in [2.45, 2.75) is 57.9 Å². The van der Waals surface area contributed by atoms with Gasteiger partial charge in [0.2, 0.25) is 0 Å². The third-order valence-corrected chi connectivity index (χ3v) is 3.86. The molecule has 3 heteroatoms. The number of unbranched alkanes of at least 4 members (excludes halogenated alkanes) is 1. The second kappa shape index (κ2) is 10.8. The second-order valence-corrected chi connectivity index (χ2v) is 5.49. The van der Waals surface area contributed by atoms with E-state index < -0.39 is 0 Å². The van der Waals surface area contributed by atoms with E-state index in [2.05, 4.69) is 24.2 Å². The predicted molar refractivity (Wildman–Crippen MR) is 78.1 cm³/mol. The molecule has 3 nitrogen and oxygen atoms in total. The van der Waals surface area contributed by atoms with Crippen LogP contribution in [-0.2, 0) is 4.74 Å². The Morgan fingerprint density at radius 3 is 2.78 bits per heavy atom. The van der Waals surface area contributed by atoms with E-state index in [-0.39, 0.29) is 0 Å². The van der Waals surface area contributed by atoms with E-state index in [1.165, 1.54) is 45.1 Å². The summed E-state index contributed by atoms with van der Waals surface area (Å²) >= 11 is 0. The summed E-state index contributed by atoms with van der Waals surface area (Å²) < 4.78 is 5.54. The maximum absolute atomic E-state index is 5.54. The summed E-state index contributed by atoms with van der Waals surface area (Å²) in [5, 5.41) is 3.54. The van der Waals surface area contributed by atoms with E-state index in [4.69, 9.17) is 4.74 Å². The molecular formula is C15H32N2O. The maximum Gasteiger partial charge on any atom is 0.0478 e. The quantitative estimate of drug-likeness (QED) is 0.608. The molecule has 1 unspecified atom stereocenters. The number of nitrogens with one attached hydrogen (secondary N) is 1. The first-order chi connectivity index (χ1) is 8.84. The Bertz CT molecular complexity index is 187. The summed E-state index contributed by atoms with van der Waals surface area (Å²) in [5.74, 6) is 0. The first kappa shape index (κ1) is 15.9. The SMILES string of the molecule is CCCCOCCCNCCC1CCCCN1C. The summed E-state index contributed by atoms with van der Waals surface area (Å²) in [4.78, 5) is 2.53. The lowest BCUT2D eigenvalue weighted by Crippen LogP contribution is -2.38. The first-order valence-electron chi connectivity index (χ1n) is 7.83. The summed E-state index contributed by atoms with van der Waals surface area (Å²) in [6.07, 6.45) is 9.06. The van der Waals surface area contributed by atoms with Crippen LogP contribution in [0.3, 0.4) is 0 Å². The van der Waals surface area contributed by atoms with Crippen LogP contribution in [0, 0.1) is 0 Å². The lowest BCUT2D eigenvalue weighted by atomic mass is 10.0. The lowest BCUT2D eigenvalue weighted by Gasteiger charge is -2.32. The molecule has 1 atom stereocenters. The number of hydrogen-bond donors (Lipinski definition) is 1. The van der Waals surface area contributed by atoms with Crippen LogP contribution in [0.2, 0.25) is 0 Å². The van der Waals surface area contributed by atoms with Crippen molar-refractivity contribution in [1.82, 2.24) is 10.2 Å². The van der Waals surface area contributed by atoms with E-state index in [0.717, 1.165) is 38.8 Å². The molecule has 18 heavy (non-hydrogen) atoms. The minimum Gasteiger partial charge on any atom is -0.381 e. The monoisotopic (exact) mass is 256 g/mol. The molecule has 1 rings (SSSR count). The van der Waals surface area contributed by atoms with Crippen molar-refractivity contribution in [3.8, 4) is 0 Å². The number of likely N-dealkylation sites (tertiary alicyclic amines) is 1. The molecule has 0 amide bonds. The van der Waals surface area contributed by atoms with Gasteiger partial charge in [-0.3, -0.25) is 0 Å². The molecule has 0 aromatic heterocycles. The van der Waals surface area contributed by atoms with Crippen LogP contribution in [0.1, 0.15) is 51.9 Å². The molecule has 1 N–H and O–H groups in total. The Labute approximate surface area is 113 Å². The Hall–Kier alpha value is -0.120. The van der Waals surface area contributed by atoms with Gasteiger partial charge in [0.1, 0.15) is 0 Å². The van der Waals surface area contributed by atoms with Gasteiger partial charge >= 0.3 is 0 Å². The minimum absolute atomic E-state index is 0.812. The largest absolute Gasteiger partial charge is 0.381 e. The van der Waals surface area contributed by atoms with Crippen LogP contribution in [0.4, 0.5) is 0 Å². The molecule has 1 aliphatic heterocycles. The van der Waals surface area contributed by atoms with E-state index in [0.29, 0.717) is 0 Å². The van der Waals surface area contributed by atoms with E-state index in [1.54, 1.807) is 0 Å². The van der Waals surface area contributed by atoms with Crippen molar-refractivity contribution < 1.29 is 4.74 Å². The zero-order valence-electron chi connectivity index (χ0n) is 12.4. The van der Waals surface area contributed by atoms with Crippen molar-refractivity contribution in [3.63, 3.8) is 0 Å². The topological polar surface area (TPSA) is 24.5 Å². The molecule has 1 saturated heterocycles. The Morgan fingerprint density at radius 2 is 2.00 bits per heavy atom. The van der Waals surface area contributed by atoms with Crippen LogP contribution in [0.25, 0.3) is 0 Å². The highest BCUT2D eigenvalue weighted by Gasteiger charge is 2.17. The highest BCUT2D eigenvalue weighted by Crippen LogP contribution is 2.16. The van der Waals surface area contributed by atoms with Crippen LogP contribution in [0.5, 0.6) is 0 Å². The van der Waals surface area contributed by atoms with Gasteiger partial charge in [-0.2, -0.15) is 0 Å². The molecule has 0 bridgehead atoms. The standard InChI is InChI=1S/C15H32N2O/c1-3-4-13-18-14-7-10-16-11-9-15-8-5-6-12-17(15)2/h15-16H,3-14H2,1-2H3. The number of rotatable bonds is 10. The number of piperidine rings is 1. The van der Waals surface area contributed by atoms with Crippen LogP contribution < -0.4 is 5.32 Å². The summed E-state index contributed by atoms with van der Waals surface area (Å²) in [7, 11) is 2.27. The van der Waals surface area contributed by atoms with Gasteiger partial charge in [0.05, 0.1) is 0 Å². The second-order valence-electron chi connectivity index (χ2n) is 5.49. The van der Waals surface area contributed by atoms with Gasteiger partial charge in [-0.05, 0) is 58.8 Å². The summed E-state index contributed by atoms with van der Waals surface area (Å²) in [5.41, 5.74) is 0. The average molecular weight is 256 g/mol. The smallest absolute Gasteiger partial charge is 0.0478 e. The molecule has 108 valence electrons. The zero-order chi connectivity index (χ0) is 13.1. The molecule has 1 fully saturated rings. The molecule has 0 spiro atoms. The van der Waals surface area contributed by atoms with Gasteiger partial charge in [-0.25, -0.2) is 0 Å². The van der Waals surface area contributed by atoms with Gasteiger partial charge in [0.15, 0.2) is 0 Å². The highest BCUT2D eigenvalue weighted by atomic mass is 16.5. The van der Waals surface area contributed by atoms with Crippen LogP contribution >= 0.6 is 0 Å². The van der Waals surface area contributed by atoms with Crippen molar-refractivity contribution in [2.24, 2.45) is 0 Å². The zero-order valence-corrected chi connectivity index (χ0v) is 12.4. The van der Waals surface area contributed by atoms with Crippen molar-refractivity contribution >= 4 is 0 Å². The molecule has 0 aromatic carbocycles. The normalized spacial score (nSPS) is 21.3. The summed E-state index contributed by atoms with van der Waals surface area (Å²) in [6.45, 7) is 7.59. The van der Waals surface area contributed by atoms with E-state index in [1.807, 2.05) is 0 Å².